The summed E-state index contributed by atoms with van der Waals surface area (Å²) in [6.45, 7) is -1.13. The minimum atomic E-state index is -0.926. The maximum absolute atomic E-state index is 8.81. The minimum absolute atomic E-state index is 0.0416. The van der Waals surface area contributed by atoms with Crippen LogP contribution in [0.4, 0.5) is 0 Å². The highest BCUT2D eigenvalue weighted by atomic mass is 16.7. The molecule has 0 aromatic carbocycles. The van der Waals surface area contributed by atoms with Gasteiger partial charge in [0, 0.05) is 0 Å². The van der Waals surface area contributed by atoms with Gasteiger partial charge >= 0.3 is 0 Å². The Labute approximate surface area is 76.3 Å². The predicted molar refractivity (Wildman–Crippen MR) is 43.0 cm³/mol. The maximum atomic E-state index is 8.81. The second-order valence-electron chi connectivity index (χ2n) is 2.48. The molecule has 0 heterocycles. The first kappa shape index (κ1) is 12.8. The fraction of sp³-hybridized carbons (Fsp3) is 1.00. The van der Waals surface area contributed by atoms with E-state index in [1.165, 1.54) is 0 Å². The van der Waals surface area contributed by atoms with Crippen LogP contribution in [0.5, 0.6) is 0 Å². The lowest BCUT2D eigenvalue weighted by Gasteiger charge is -2.13. The van der Waals surface area contributed by atoms with Crippen molar-refractivity contribution in [1.82, 2.24) is 0 Å². The maximum Gasteiger partial charge on any atom is 0.147 e. The van der Waals surface area contributed by atoms with Crippen LogP contribution in [0.1, 0.15) is 0 Å². The molecule has 0 bridgehead atoms. The van der Waals surface area contributed by atoms with Gasteiger partial charge in [-0.15, -0.1) is 0 Å². The van der Waals surface area contributed by atoms with Gasteiger partial charge in [0.15, 0.2) is 0 Å². The van der Waals surface area contributed by atoms with Crippen LogP contribution < -0.4 is 0 Å². The van der Waals surface area contributed by atoms with Crippen molar-refractivity contribution < 1.29 is 29.9 Å². The lowest BCUT2D eigenvalue weighted by atomic mass is 10.4. The van der Waals surface area contributed by atoms with Crippen LogP contribution in [-0.4, -0.2) is 65.9 Å². The number of rotatable bonds is 8. The number of aliphatic hydroxyl groups is 4. The van der Waals surface area contributed by atoms with Crippen molar-refractivity contribution in [3.63, 3.8) is 0 Å². The Balaban J connectivity index is 3.23. The Morgan fingerprint density at radius 2 is 1.62 bits per heavy atom. The molecular formula is C7H16O6. The van der Waals surface area contributed by atoms with Gasteiger partial charge in [0.25, 0.3) is 0 Å². The smallest absolute Gasteiger partial charge is 0.147 e. The van der Waals surface area contributed by atoms with E-state index in [-0.39, 0.29) is 33.2 Å². The SMILES string of the molecule is OCC(CO)OCOC[C@H](O)CO. The van der Waals surface area contributed by atoms with E-state index in [1.807, 2.05) is 0 Å². The summed E-state index contributed by atoms with van der Waals surface area (Å²) < 4.78 is 9.59. The summed E-state index contributed by atoms with van der Waals surface area (Å²) >= 11 is 0. The number of hydrogen-bond acceptors (Lipinski definition) is 6. The molecule has 0 amide bonds. The van der Waals surface area contributed by atoms with Gasteiger partial charge in [-0.25, -0.2) is 0 Å². The first-order valence-corrected chi connectivity index (χ1v) is 3.94. The molecule has 0 aliphatic carbocycles. The Morgan fingerprint density at radius 3 is 2.08 bits per heavy atom. The van der Waals surface area contributed by atoms with Crippen LogP contribution in [0.3, 0.4) is 0 Å². The summed E-state index contributed by atoms with van der Waals surface area (Å²) in [5, 5.41) is 34.3. The lowest BCUT2D eigenvalue weighted by Crippen LogP contribution is -2.25. The molecule has 6 heteroatoms. The van der Waals surface area contributed by atoms with E-state index < -0.39 is 12.2 Å². The Kier molecular flexibility index (Phi) is 8.21. The average molecular weight is 196 g/mol. The van der Waals surface area contributed by atoms with Gasteiger partial charge in [-0.3, -0.25) is 0 Å². The molecule has 0 aliphatic heterocycles. The molecule has 0 radical (unpaired) electrons. The summed E-state index contributed by atoms with van der Waals surface area (Å²) in [4.78, 5) is 0. The van der Waals surface area contributed by atoms with Crippen molar-refractivity contribution in [2.24, 2.45) is 0 Å². The second kappa shape index (κ2) is 8.36. The van der Waals surface area contributed by atoms with Gasteiger partial charge in [0.05, 0.1) is 26.4 Å². The highest BCUT2D eigenvalue weighted by Crippen LogP contribution is 1.91. The normalized spacial score (nSPS) is 13.6. The van der Waals surface area contributed by atoms with Crippen molar-refractivity contribution in [2.75, 3.05) is 33.2 Å². The molecule has 80 valence electrons. The molecule has 0 aromatic rings. The number of hydrogen-bond donors (Lipinski definition) is 4. The zero-order chi connectivity index (χ0) is 10.1. The molecule has 0 saturated carbocycles. The predicted octanol–water partition coefficient (Wildman–Crippen LogP) is -2.32. The lowest BCUT2D eigenvalue weighted by molar-refractivity contribution is -0.131. The fourth-order valence-corrected chi connectivity index (χ4v) is 0.544. The molecule has 0 spiro atoms. The van der Waals surface area contributed by atoms with Crippen LogP contribution in [0, 0.1) is 0 Å². The van der Waals surface area contributed by atoms with Crippen LogP contribution in [0.25, 0.3) is 0 Å². The third kappa shape index (κ3) is 6.88. The molecule has 0 fully saturated rings. The molecule has 0 saturated heterocycles. The van der Waals surface area contributed by atoms with E-state index >= 15 is 0 Å². The third-order valence-corrected chi connectivity index (χ3v) is 1.32. The van der Waals surface area contributed by atoms with Crippen molar-refractivity contribution in [1.29, 1.82) is 0 Å². The molecule has 6 nitrogen and oxygen atoms in total. The average Bonchev–Trinajstić information content (AvgIpc) is 2.18. The first-order valence-electron chi connectivity index (χ1n) is 3.94. The molecule has 0 aromatic heterocycles. The van der Waals surface area contributed by atoms with Crippen LogP contribution in [0.15, 0.2) is 0 Å². The van der Waals surface area contributed by atoms with Gasteiger partial charge in [0.1, 0.15) is 19.0 Å². The summed E-state index contributed by atoms with van der Waals surface area (Å²) in [6, 6.07) is 0. The van der Waals surface area contributed by atoms with Crippen LogP contribution >= 0.6 is 0 Å². The topological polar surface area (TPSA) is 99.4 Å². The summed E-state index contributed by atoms with van der Waals surface area (Å²) in [7, 11) is 0. The largest absolute Gasteiger partial charge is 0.394 e. The number of ether oxygens (including phenoxy) is 2. The molecule has 0 rings (SSSR count). The quantitative estimate of drug-likeness (QED) is 0.257. The van der Waals surface area contributed by atoms with Gasteiger partial charge in [-0.1, -0.05) is 0 Å². The zero-order valence-corrected chi connectivity index (χ0v) is 7.30. The fourth-order valence-electron chi connectivity index (χ4n) is 0.544. The van der Waals surface area contributed by atoms with Gasteiger partial charge < -0.3 is 29.9 Å². The van der Waals surface area contributed by atoms with Crippen LogP contribution in [0.2, 0.25) is 0 Å². The van der Waals surface area contributed by atoms with E-state index in [9.17, 15) is 0 Å². The van der Waals surface area contributed by atoms with Gasteiger partial charge in [-0.2, -0.15) is 0 Å². The van der Waals surface area contributed by atoms with Crippen molar-refractivity contribution in [3.8, 4) is 0 Å². The van der Waals surface area contributed by atoms with E-state index in [2.05, 4.69) is 0 Å². The van der Waals surface area contributed by atoms with E-state index in [1.54, 1.807) is 0 Å². The minimum Gasteiger partial charge on any atom is -0.394 e. The van der Waals surface area contributed by atoms with E-state index in [0.717, 1.165) is 0 Å². The Hall–Kier alpha value is -0.240. The van der Waals surface area contributed by atoms with Crippen molar-refractivity contribution >= 4 is 0 Å². The van der Waals surface area contributed by atoms with E-state index in [4.69, 9.17) is 29.9 Å². The molecule has 1 atom stereocenters. The number of aliphatic hydroxyl groups excluding tert-OH is 4. The monoisotopic (exact) mass is 196 g/mol. The van der Waals surface area contributed by atoms with Crippen LogP contribution in [-0.2, 0) is 9.47 Å². The third-order valence-electron chi connectivity index (χ3n) is 1.32. The zero-order valence-electron chi connectivity index (χ0n) is 7.30. The molecular weight excluding hydrogens is 180 g/mol. The van der Waals surface area contributed by atoms with E-state index in [0.29, 0.717) is 0 Å². The van der Waals surface area contributed by atoms with Crippen molar-refractivity contribution in [2.45, 2.75) is 12.2 Å². The molecule has 0 unspecified atom stereocenters. The van der Waals surface area contributed by atoms with Crippen molar-refractivity contribution in [3.05, 3.63) is 0 Å². The Morgan fingerprint density at radius 1 is 1.00 bits per heavy atom. The highest BCUT2D eigenvalue weighted by molar-refractivity contribution is 4.50. The summed E-state index contributed by atoms with van der Waals surface area (Å²) in [5.41, 5.74) is 0. The Bertz CT molecular complexity index is 105. The molecule has 4 N–H and O–H groups in total. The van der Waals surface area contributed by atoms with Gasteiger partial charge in [0.2, 0.25) is 0 Å². The molecule has 0 aliphatic rings. The standard InChI is InChI=1S/C7H16O6/c8-1-6(11)4-12-5-13-7(2-9)3-10/h6-11H,1-5H2/t6-/m1/s1. The molecule has 13 heavy (non-hydrogen) atoms. The summed E-state index contributed by atoms with van der Waals surface area (Å²) in [5.74, 6) is 0. The first-order chi connectivity index (χ1) is 6.24. The second-order valence-corrected chi connectivity index (χ2v) is 2.48. The highest BCUT2D eigenvalue weighted by Gasteiger charge is 2.06. The summed E-state index contributed by atoms with van der Waals surface area (Å²) in [6.07, 6.45) is -1.59. The van der Waals surface area contributed by atoms with Gasteiger partial charge in [-0.05, 0) is 0 Å².